The molecule has 1 aliphatic heterocycles. The molecule has 20 heavy (non-hydrogen) atoms. The summed E-state index contributed by atoms with van der Waals surface area (Å²) in [6.07, 6.45) is 13.0. The molecule has 0 saturated heterocycles. The molecule has 0 saturated carbocycles. The van der Waals surface area contributed by atoms with E-state index in [-0.39, 0.29) is 5.97 Å². The molecule has 114 valence electrons. The summed E-state index contributed by atoms with van der Waals surface area (Å²) in [5.41, 5.74) is 0. The van der Waals surface area contributed by atoms with E-state index < -0.39 is 5.79 Å². The number of hydrogen-bond donors (Lipinski definition) is 1. The van der Waals surface area contributed by atoms with Gasteiger partial charge in [-0.05, 0) is 25.3 Å². The third-order valence-electron chi connectivity index (χ3n) is 3.03. The second-order valence-electron chi connectivity index (χ2n) is 5.51. The van der Waals surface area contributed by atoms with Crippen LogP contribution in [0.4, 0.5) is 0 Å². The summed E-state index contributed by atoms with van der Waals surface area (Å²) in [6.45, 7) is 3.74. The van der Waals surface area contributed by atoms with Gasteiger partial charge in [0.2, 0.25) is 5.79 Å². The molecule has 4 heteroatoms. The van der Waals surface area contributed by atoms with Gasteiger partial charge in [0, 0.05) is 20.5 Å². The average molecular weight is 282 g/mol. The molecule has 1 heterocycles. The molecule has 0 aromatic rings. The molecule has 0 fully saturated rings. The van der Waals surface area contributed by atoms with Crippen molar-refractivity contribution in [3.63, 3.8) is 0 Å². The van der Waals surface area contributed by atoms with Gasteiger partial charge < -0.3 is 14.6 Å². The van der Waals surface area contributed by atoms with Crippen LogP contribution in [0.2, 0.25) is 0 Å². The molecule has 0 atom stereocenters. The Morgan fingerprint density at radius 2 is 1.75 bits per heavy atom. The van der Waals surface area contributed by atoms with E-state index in [0.717, 1.165) is 25.7 Å². The maximum Gasteiger partial charge on any atom is 0.337 e. The van der Waals surface area contributed by atoms with Crippen LogP contribution in [-0.4, -0.2) is 23.5 Å². The summed E-state index contributed by atoms with van der Waals surface area (Å²) < 4.78 is 10.5. The van der Waals surface area contributed by atoms with Gasteiger partial charge in [-0.2, -0.15) is 0 Å². The first kappa shape index (κ1) is 16.8. The van der Waals surface area contributed by atoms with Crippen LogP contribution in [0, 0.1) is 0 Å². The highest BCUT2D eigenvalue weighted by Crippen LogP contribution is 2.22. The molecule has 4 nitrogen and oxygen atoms in total. The Kier molecular flexibility index (Phi) is 7.37. The van der Waals surface area contributed by atoms with Crippen molar-refractivity contribution in [3.8, 4) is 0 Å². The Labute approximate surface area is 121 Å². The predicted octanol–water partition coefficient (Wildman–Crippen LogP) is 3.46. The molecule has 1 N–H and O–H groups in total. The number of esters is 1. The highest BCUT2D eigenvalue weighted by Gasteiger charge is 2.28. The highest BCUT2D eigenvalue weighted by molar-refractivity contribution is 5.83. The average Bonchev–Trinajstić information content (AvgIpc) is 2.34. The number of aliphatic hydroxyl groups is 1. The van der Waals surface area contributed by atoms with Crippen molar-refractivity contribution in [2.75, 3.05) is 6.61 Å². The number of aliphatic hydroxyl groups excluding tert-OH is 1. The Bertz CT molecular complexity index is 355. The first-order valence-corrected chi connectivity index (χ1v) is 7.44. The molecule has 0 aromatic heterocycles. The van der Waals surface area contributed by atoms with Gasteiger partial charge in [0.15, 0.2) is 0 Å². The standard InChI is InChI=1S/C16H26O4/c1-16(2)19-14(13-15(18)20-16)11-9-7-5-3-4-6-8-10-12-17/h9,11,13,17H,3-8,10,12H2,1-2H3/b11-9+. The van der Waals surface area contributed by atoms with E-state index in [2.05, 4.69) is 0 Å². The van der Waals surface area contributed by atoms with Crippen LogP contribution < -0.4 is 0 Å². The van der Waals surface area contributed by atoms with Gasteiger partial charge in [-0.25, -0.2) is 4.79 Å². The lowest BCUT2D eigenvalue weighted by atomic mass is 10.1. The van der Waals surface area contributed by atoms with E-state index in [1.54, 1.807) is 13.8 Å². The minimum atomic E-state index is -0.877. The Balaban J connectivity index is 2.14. The Hall–Kier alpha value is -1.29. The third kappa shape index (κ3) is 7.34. The van der Waals surface area contributed by atoms with Crippen molar-refractivity contribution in [1.82, 2.24) is 0 Å². The quantitative estimate of drug-likeness (QED) is 0.520. The molecule has 0 amide bonds. The summed E-state index contributed by atoms with van der Waals surface area (Å²) in [6, 6.07) is 0. The van der Waals surface area contributed by atoms with Gasteiger partial charge in [-0.1, -0.05) is 31.8 Å². The van der Waals surface area contributed by atoms with E-state index in [1.165, 1.54) is 25.3 Å². The second-order valence-corrected chi connectivity index (χ2v) is 5.51. The summed E-state index contributed by atoms with van der Waals surface area (Å²) >= 11 is 0. The zero-order valence-electron chi connectivity index (χ0n) is 12.6. The van der Waals surface area contributed by atoms with Crippen molar-refractivity contribution in [2.24, 2.45) is 0 Å². The lowest BCUT2D eigenvalue weighted by molar-refractivity contribution is -0.203. The van der Waals surface area contributed by atoms with Crippen LogP contribution in [-0.2, 0) is 14.3 Å². The fourth-order valence-electron chi connectivity index (χ4n) is 2.08. The maximum absolute atomic E-state index is 11.3. The van der Waals surface area contributed by atoms with Gasteiger partial charge in [0.1, 0.15) is 5.76 Å². The summed E-state index contributed by atoms with van der Waals surface area (Å²) in [4.78, 5) is 11.3. The van der Waals surface area contributed by atoms with Gasteiger partial charge in [0.25, 0.3) is 0 Å². The van der Waals surface area contributed by atoms with Crippen LogP contribution in [0.3, 0.4) is 0 Å². The molecule has 0 aromatic carbocycles. The SMILES string of the molecule is CC1(C)OC(=O)C=C(/C=C/CCCCCCCCO)O1. The van der Waals surface area contributed by atoms with E-state index in [1.807, 2.05) is 12.2 Å². The first-order chi connectivity index (χ1) is 9.53. The smallest absolute Gasteiger partial charge is 0.337 e. The zero-order valence-corrected chi connectivity index (χ0v) is 12.6. The number of unbranched alkanes of at least 4 members (excludes halogenated alkanes) is 6. The minimum Gasteiger partial charge on any atom is -0.453 e. The van der Waals surface area contributed by atoms with Crippen molar-refractivity contribution < 1.29 is 19.4 Å². The topological polar surface area (TPSA) is 55.8 Å². The van der Waals surface area contributed by atoms with Gasteiger partial charge in [0.05, 0.1) is 6.08 Å². The third-order valence-corrected chi connectivity index (χ3v) is 3.03. The molecular weight excluding hydrogens is 256 g/mol. The molecule has 0 bridgehead atoms. The first-order valence-electron chi connectivity index (χ1n) is 7.44. The largest absolute Gasteiger partial charge is 0.453 e. The van der Waals surface area contributed by atoms with Crippen LogP contribution in [0.5, 0.6) is 0 Å². The molecule has 0 unspecified atom stereocenters. The molecular formula is C16H26O4. The normalized spacial score (nSPS) is 17.8. The summed E-state index contributed by atoms with van der Waals surface area (Å²) in [5, 5.41) is 8.66. The van der Waals surface area contributed by atoms with E-state index in [9.17, 15) is 4.79 Å². The van der Waals surface area contributed by atoms with E-state index >= 15 is 0 Å². The lowest BCUT2D eigenvalue weighted by Crippen LogP contribution is -2.33. The number of ether oxygens (including phenoxy) is 2. The fraction of sp³-hybridized carbons (Fsp3) is 0.688. The van der Waals surface area contributed by atoms with Crippen molar-refractivity contribution >= 4 is 5.97 Å². The molecule has 1 aliphatic rings. The summed E-state index contributed by atoms with van der Waals surface area (Å²) in [5.74, 6) is -0.669. The number of carbonyl (C=O) groups is 1. The monoisotopic (exact) mass is 282 g/mol. The number of allylic oxidation sites excluding steroid dienone is 2. The van der Waals surface area contributed by atoms with Crippen LogP contribution in [0.25, 0.3) is 0 Å². The van der Waals surface area contributed by atoms with Crippen LogP contribution in [0.1, 0.15) is 58.8 Å². The van der Waals surface area contributed by atoms with Crippen LogP contribution >= 0.6 is 0 Å². The van der Waals surface area contributed by atoms with E-state index in [4.69, 9.17) is 14.6 Å². The number of rotatable bonds is 9. The molecule has 0 spiro atoms. The lowest BCUT2D eigenvalue weighted by Gasteiger charge is -2.29. The van der Waals surface area contributed by atoms with Crippen molar-refractivity contribution in [3.05, 3.63) is 24.0 Å². The Morgan fingerprint density at radius 3 is 2.40 bits per heavy atom. The van der Waals surface area contributed by atoms with Crippen molar-refractivity contribution in [2.45, 2.75) is 64.6 Å². The second kappa shape index (κ2) is 8.80. The molecule has 0 aliphatic carbocycles. The number of carbonyl (C=O) groups excluding carboxylic acids is 1. The van der Waals surface area contributed by atoms with Gasteiger partial charge in [-0.15, -0.1) is 0 Å². The maximum atomic E-state index is 11.3. The van der Waals surface area contributed by atoms with Crippen LogP contribution in [0.15, 0.2) is 24.0 Å². The zero-order chi connectivity index (χ0) is 14.8. The predicted molar refractivity (Wildman–Crippen MR) is 77.9 cm³/mol. The molecule has 1 rings (SSSR count). The van der Waals surface area contributed by atoms with Crippen molar-refractivity contribution in [1.29, 1.82) is 0 Å². The summed E-state index contributed by atoms with van der Waals surface area (Å²) in [7, 11) is 0. The van der Waals surface area contributed by atoms with Gasteiger partial charge >= 0.3 is 5.97 Å². The Morgan fingerprint density at radius 1 is 1.10 bits per heavy atom. The van der Waals surface area contributed by atoms with Gasteiger partial charge in [-0.3, -0.25) is 0 Å². The number of cyclic esters (lactones) is 1. The highest BCUT2D eigenvalue weighted by atomic mass is 16.7. The molecule has 0 radical (unpaired) electrons. The fourth-order valence-corrected chi connectivity index (χ4v) is 2.08. The minimum absolute atomic E-state index is 0.302. The number of hydrogen-bond acceptors (Lipinski definition) is 4. The van der Waals surface area contributed by atoms with E-state index in [0.29, 0.717) is 12.4 Å².